The van der Waals surface area contributed by atoms with Crippen LogP contribution in [-0.4, -0.2) is 58.5 Å². The molecule has 7 nitrogen and oxygen atoms in total. The first-order valence-corrected chi connectivity index (χ1v) is 16.7. The molecule has 0 saturated carbocycles. The van der Waals surface area contributed by atoms with Gasteiger partial charge in [-0.05, 0) is 61.9 Å². The number of ether oxygens (including phenoxy) is 2. The van der Waals surface area contributed by atoms with Crippen molar-refractivity contribution in [1.29, 1.82) is 0 Å². The number of hydrogen-bond donors (Lipinski definition) is 1. The van der Waals surface area contributed by atoms with Crippen molar-refractivity contribution in [1.82, 2.24) is 9.88 Å². The highest BCUT2D eigenvalue weighted by Crippen LogP contribution is 2.37. The molecule has 248 valence electrons. The molecule has 4 aromatic rings. The van der Waals surface area contributed by atoms with E-state index in [2.05, 4.69) is 21.9 Å². The van der Waals surface area contributed by atoms with Crippen LogP contribution in [0.5, 0.6) is 11.5 Å². The molecule has 2 aliphatic heterocycles. The number of thioether (sulfide) groups is 1. The van der Waals surface area contributed by atoms with E-state index in [9.17, 15) is 27.5 Å². The molecule has 0 amide bonds. The second-order valence-electron chi connectivity index (χ2n) is 11.9. The number of carbonyl (C=O) groups is 1. The van der Waals surface area contributed by atoms with Gasteiger partial charge in [0.15, 0.2) is 0 Å². The molecule has 2 aliphatic rings. The highest BCUT2D eigenvalue weighted by Gasteiger charge is 2.31. The van der Waals surface area contributed by atoms with Crippen molar-refractivity contribution < 1.29 is 36.9 Å². The maximum Gasteiger partial charge on any atom is 0.416 e. The number of carboxylic acid groups (broad SMARTS) is 1. The molecule has 0 aliphatic carbocycles. The number of nitrogens with zero attached hydrogens (tertiary/aromatic N) is 3. The molecule has 0 atom stereocenters. The highest BCUT2D eigenvalue weighted by atomic mass is 32.2. The van der Waals surface area contributed by atoms with E-state index >= 15 is 0 Å². The van der Waals surface area contributed by atoms with Gasteiger partial charge in [0.1, 0.15) is 33.7 Å². The summed E-state index contributed by atoms with van der Waals surface area (Å²) < 4.78 is 64.9. The molecule has 3 aromatic carbocycles. The van der Waals surface area contributed by atoms with Crippen molar-refractivity contribution >= 4 is 34.8 Å². The minimum absolute atomic E-state index is 0.0807. The Morgan fingerprint density at radius 3 is 2.47 bits per heavy atom. The van der Waals surface area contributed by atoms with Crippen LogP contribution >= 0.6 is 23.1 Å². The third kappa shape index (κ3) is 7.68. The molecule has 6 rings (SSSR count). The zero-order valence-electron chi connectivity index (χ0n) is 25.8. The Labute approximate surface area is 278 Å². The van der Waals surface area contributed by atoms with E-state index in [1.54, 1.807) is 6.07 Å². The zero-order chi connectivity index (χ0) is 33.3. The fourth-order valence-electron chi connectivity index (χ4n) is 5.41. The lowest BCUT2D eigenvalue weighted by atomic mass is 10.1. The second kappa shape index (κ2) is 13.4. The van der Waals surface area contributed by atoms with Crippen molar-refractivity contribution in [3.63, 3.8) is 0 Å². The lowest BCUT2D eigenvalue weighted by Gasteiger charge is -2.36. The van der Waals surface area contributed by atoms with Crippen molar-refractivity contribution in [3.8, 4) is 22.1 Å². The van der Waals surface area contributed by atoms with E-state index < -0.39 is 28.3 Å². The Hall–Kier alpha value is -3.81. The number of fused-ring (bicyclic) bond motifs is 1. The van der Waals surface area contributed by atoms with Crippen molar-refractivity contribution in [2.75, 3.05) is 37.7 Å². The van der Waals surface area contributed by atoms with Crippen molar-refractivity contribution in [2.45, 2.75) is 49.2 Å². The van der Waals surface area contributed by atoms with Gasteiger partial charge in [-0.1, -0.05) is 12.1 Å². The number of thiazole rings is 1. The highest BCUT2D eigenvalue weighted by molar-refractivity contribution is 8.01. The number of alkyl halides is 3. The van der Waals surface area contributed by atoms with Gasteiger partial charge in [0.2, 0.25) is 0 Å². The Bertz CT molecular complexity index is 1750. The van der Waals surface area contributed by atoms with Crippen LogP contribution in [0.2, 0.25) is 0 Å². The van der Waals surface area contributed by atoms with Crippen molar-refractivity contribution in [2.24, 2.45) is 0 Å². The summed E-state index contributed by atoms with van der Waals surface area (Å²) in [6.07, 6.45) is -3.52. The number of carboxylic acids is 1. The molecule has 1 fully saturated rings. The molecule has 1 aromatic heterocycles. The van der Waals surface area contributed by atoms with Crippen molar-refractivity contribution in [3.05, 3.63) is 88.2 Å². The Balaban J connectivity index is 1.17. The van der Waals surface area contributed by atoms with Crippen LogP contribution in [0.4, 0.5) is 23.2 Å². The van der Waals surface area contributed by atoms with Gasteiger partial charge in [0.05, 0.1) is 22.7 Å². The summed E-state index contributed by atoms with van der Waals surface area (Å²) in [7, 11) is 0. The van der Waals surface area contributed by atoms with Gasteiger partial charge >= 0.3 is 12.1 Å². The summed E-state index contributed by atoms with van der Waals surface area (Å²) in [6, 6.07) is 15.6. The molecular weight excluding hydrogens is 655 g/mol. The minimum Gasteiger partial charge on any atom is -0.493 e. The average Bonchev–Trinajstić information content (AvgIpc) is 3.68. The molecule has 47 heavy (non-hydrogen) atoms. The number of hydrogen-bond acceptors (Lipinski definition) is 8. The van der Waals surface area contributed by atoms with Gasteiger partial charge < -0.3 is 19.5 Å². The van der Waals surface area contributed by atoms with Crippen LogP contribution in [0.25, 0.3) is 10.6 Å². The number of benzene rings is 3. The molecule has 0 unspecified atom stereocenters. The standard InChI is InChI=1S/C34H33F4N3O4S2/c1-33(2,32(42)43)47-29-10-8-25(18-26(29)35)45-20-30-27(39-31(46-30)21-3-5-23(6-4-21)34(36,37)38)19-40-12-14-41(15-13-40)24-7-9-28-22(17-24)11-16-44-28/h3-10,17-18H,11-16,19-20H2,1-2H3,(H,42,43). The topological polar surface area (TPSA) is 75.1 Å². The van der Waals surface area contributed by atoms with Crippen LogP contribution in [-0.2, 0) is 30.5 Å². The van der Waals surface area contributed by atoms with E-state index in [0.717, 1.165) is 72.8 Å². The maximum atomic E-state index is 14.9. The SMILES string of the molecule is CC(C)(Sc1ccc(OCc2sc(-c3ccc(C(F)(F)F)cc3)nc2CN2CCN(c3ccc4c(c3)CCO4)CC2)cc1F)C(=O)O. The van der Waals surface area contributed by atoms with E-state index in [-0.39, 0.29) is 17.3 Å². The lowest BCUT2D eigenvalue weighted by molar-refractivity contribution is -0.139. The Morgan fingerprint density at radius 2 is 1.79 bits per heavy atom. The van der Waals surface area contributed by atoms with E-state index in [1.807, 2.05) is 6.07 Å². The monoisotopic (exact) mass is 687 g/mol. The van der Waals surface area contributed by atoms with E-state index in [1.165, 1.54) is 60.7 Å². The fraction of sp³-hybridized carbons (Fsp3) is 0.353. The Morgan fingerprint density at radius 1 is 1.04 bits per heavy atom. The molecule has 1 N–H and O–H groups in total. The van der Waals surface area contributed by atoms with Crippen LogP contribution in [0.1, 0.15) is 35.5 Å². The number of rotatable bonds is 10. The van der Waals surface area contributed by atoms with Crippen LogP contribution < -0.4 is 14.4 Å². The molecule has 0 bridgehead atoms. The second-order valence-corrected chi connectivity index (χ2v) is 14.7. The van der Waals surface area contributed by atoms with Crippen LogP contribution in [0, 0.1) is 5.82 Å². The molecular formula is C34H33F4N3O4S2. The predicted molar refractivity (Wildman–Crippen MR) is 174 cm³/mol. The van der Waals surface area contributed by atoms with Gasteiger partial charge in [-0.3, -0.25) is 9.69 Å². The third-order valence-corrected chi connectivity index (χ3v) is 10.5. The first-order chi connectivity index (χ1) is 22.4. The molecule has 1 saturated heterocycles. The quantitative estimate of drug-likeness (QED) is 0.134. The maximum absolute atomic E-state index is 14.9. The largest absolute Gasteiger partial charge is 0.493 e. The summed E-state index contributed by atoms with van der Waals surface area (Å²) in [5, 5.41) is 9.97. The van der Waals surface area contributed by atoms with Gasteiger partial charge in [-0.15, -0.1) is 23.1 Å². The van der Waals surface area contributed by atoms with Crippen LogP contribution in [0.3, 0.4) is 0 Å². The van der Waals surface area contributed by atoms with Gasteiger partial charge in [0.25, 0.3) is 0 Å². The molecule has 0 spiro atoms. The normalized spacial score (nSPS) is 15.4. The van der Waals surface area contributed by atoms with Gasteiger partial charge in [-0.2, -0.15) is 13.2 Å². The number of aliphatic carboxylic acids is 1. The average molecular weight is 688 g/mol. The van der Waals surface area contributed by atoms with E-state index in [0.29, 0.717) is 23.7 Å². The summed E-state index contributed by atoms with van der Waals surface area (Å²) in [4.78, 5) is 21.9. The molecule has 0 radical (unpaired) electrons. The zero-order valence-corrected chi connectivity index (χ0v) is 27.4. The molecule has 3 heterocycles. The lowest BCUT2D eigenvalue weighted by Crippen LogP contribution is -2.46. The summed E-state index contributed by atoms with van der Waals surface area (Å²) in [5.74, 6) is -0.424. The number of anilines is 1. The van der Waals surface area contributed by atoms with Crippen LogP contribution in [0.15, 0.2) is 65.6 Å². The minimum atomic E-state index is -4.44. The first kappa shape index (κ1) is 33.1. The summed E-state index contributed by atoms with van der Waals surface area (Å²) in [6.45, 7) is 7.55. The number of piperazine rings is 1. The summed E-state index contributed by atoms with van der Waals surface area (Å²) >= 11 is 2.24. The Kier molecular flexibility index (Phi) is 9.41. The third-order valence-electron chi connectivity index (χ3n) is 8.17. The summed E-state index contributed by atoms with van der Waals surface area (Å²) in [5.41, 5.74) is 2.98. The van der Waals surface area contributed by atoms with Gasteiger partial charge in [-0.25, -0.2) is 9.37 Å². The van der Waals surface area contributed by atoms with Gasteiger partial charge in [0, 0.05) is 61.4 Å². The number of halogens is 4. The first-order valence-electron chi connectivity index (χ1n) is 15.1. The smallest absolute Gasteiger partial charge is 0.416 e. The number of aromatic nitrogens is 1. The fourth-order valence-corrected chi connectivity index (χ4v) is 7.33. The van der Waals surface area contributed by atoms with E-state index in [4.69, 9.17) is 14.5 Å². The predicted octanol–water partition coefficient (Wildman–Crippen LogP) is 7.76. The molecule has 13 heteroatoms.